The fourth-order valence-electron chi connectivity index (χ4n) is 2.03. The first-order valence-electron chi connectivity index (χ1n) is 6.60. The van der Waals surface area contributed by atoms with Gasteiger partial charge in [-0.25, -0.2) is 0 Å². The predicted octanol–water partition coefficient (Wildman–Crippen LogP) is 2.71. The van der Waals surface area contributed by atoms with Gasteiger partial charge in [-0.05, 0) is 37.6 Å². The molecule has 19 heavy (non-hydrogen) atoms. The standard InChI is InChI=1S/C15H20N2O2/c1-3-17-14(7-9-16-17)15(18)8-10-19-13-6-4-5-12(2)11-13/h4-7,9,11,15,18H,3,8,10H2,1-2H3. The third-order valence-electron chi connectivity index (χ3n) is 3.04. The van der Waals surface area contributed by atoms with Gasteiger partial charge in [0.05, 0.1) is 18.4 Å². The summed E-state index contributed by atoms with van der Waals surface area (Å²) in [6.45, 7) is 5.28. The summed E-state index contributed by atoms with van der Waals surface area (Å²) in [6.07, 6.45) is 1.73. The average molecular weight is 260 g/mol. The molecule has 0 saturated heterocycles. The van der Waals surface area contributed by atoms with Gasteiger partial charge in [-0.1, -0.05) is 12.1 Å². The summed E-state index contributed by atoms with van der Waals surface area (Å²) in [4.78, 5) is 0. The van der Waals surface area contributed by atoms with Crippen LogP contribution in [0.3, 0.4) is 0 Å². The lowest BCUT2D eigenvalue weighted by atomic mass is 10.2. The molecular weight excluding hydrogens is 240 g/mol. The van der Waals surface area contributed by atoms with Crippen molar-refractivity contribution < 1.29 is 9.84 Å². The molecule has 102 valence electrons. The van der Waals surface area contributed by atoms with E-state index in [0.717, 1.165) is 18.0 Å². The third kappa shape index (κ3) is 3.58. The van der Waals surface area contributed by atoms with Crippen molar-refractivity contribution in [3.8, 4) is 5.75 Å². The molecular formula is C15H20N2O2. The summed E-state index contributed by atoms with van der Waals surface area (Å²) in [5.74, 6) is 0.844. The molecule has 1 heterocycles. The van der Waals surface area contributed by atoms with Gasteiger partial charge in [-0.2, -0.15) is 5.10 Å². The minimum Gasteiger partial charge on any atom is -0.493 e. The Hall–Kier alpha value is -1.81. The Kier molecular flexibility index (Phi) is 4.58. The maximum atomic E-state index is 10.1. The van der Waals surface area contributed by atoms with Crippen LogP contribution in [-0.4, -0.2) is 21.5 Å². The number of aliphatic hydroxyl groups excluding tert-OH is 1. The first-order valence-corrected chi connectivity index (χ1v) is 6.60. The highest BCUT2D eigenvalue weighted by Gasteiger charge is 2.12. The molecule has 0 aliphatic rings. The zero-order valence-electron chi connectivity index (χ0n) is 11.4. The fraction of sp³-hybridized carbons (Fsp3) is 0.400. The van der Waals surface area contributed by atoms with Crippen molar-refractivity contribution in [3.05, 3.63) is 47.8 Å². The molecule has 0 radical (unpaired) electrons. The molecule has 0 aliphatic heterocycles. The van der Waals surface area contributed by atoms with Crippen molar-refractivity contribution in [2.24, 2.45) is 0 Å². The summed E-state index contributed by atoms with van der Waals surface area (Å²) >= 11 is 0. The first kappa shape index (κ1) is 13.6. The van der Waals surface area contributed by atoms with Crippen LogP contribution in [0.2, 0.25) is 0 Å². The Balaban J connectivity index is 1.86. The molecule has 1 atom stereocenters. The van der Waals surface area contributed by atoms with Gasteiger partial charge >= 0.3 is 0 Å². The molecule has 0 saturated carbocycles. The van der Waals surface area contributed by atoms with Crippen molar-refractivity contribution in [3.63, 3.8) is 0 Å². The number of hydrogen-bond donors (Lipinski definition) is 1. The van der Waals surface area contributed by atoms with Crippen molar-refractivity contribution in [2.45, 2.75) is 32.9 Å². The smallest absolute Gasteiger partial charge is 0.119 e. The van der Waals surface area contributed by atoms with Crippen molar-refractivity contribution in [2.75, 3.05) is 6.61 Å². The van der Waals surface area contributed by atoms with E-state index in [1.807, 2.05) is 44.2 Å². The summed E-state index contributed by atoms with van der Waals surface area (Å²) in [7, 11) is 0. The van der Waals surface area contributed by atoms with E-state index < -0.39 is 6.10 Å². The largest absolute Gasteiger partial charge is 0.493 e. The minimum absolute atomic E-state index is 0.486. The molecule has 4 heteroatoms. The highest BCUT2D eigenvalue weighted by Crippen LogP contribution is 2.18. The van der Waals surface area contributed by atoms with E-state index in [1.165, 1.54) is 5.56 Å². The Morgan fingerprint density at radius 1 is 1.37 bits per heavy atom. The van der Waals surface area contributed by atoms with E-state index in [9.17, 15) is 5.11 Å². The molecule has 1 aromatic carbocycles. The lowest BCUT2D eigenvalue weighted by Gasteiger charge is -2.13. The SMILES string of the molecule is CCn1nccc1C(O)CCOc1cccc(C)c1. The van der Waals surface area contributed by atoms with Crippen LogP contribution in [0.15, 0.2) is 36.5 Å². The first-order chi connectivity index (χ1) is 9.20. The summed E-state index contributed by atoms with van der Waals surface area (Å²) in [5.41, 5.74) is 2.01. The minimum atomic E-state index is -0.535. The highest BCUT2D eigenvalue weighted by atomic mass is 16.5. The van der Waals surface area contributed by atoms with Crippen LogP contribution in [0.5, 0.6) is 5.75 Å². The zero-order chi connectivity index (χ0) is 13.7. The Morgan fingerprint density at radius 2 is 2.21 bits per heavy atom. The van der Waals surface area contributed by atoms with Crippen molar-refractivity contribution >= 4 is 0 Å². The second-order valence-corrected chi connectivity index (χ2v) is 4.54. The van der Waals surface area contributed by atoms with Gasteiger partial charge in [0.25, 0.3) is 0 Å². The molecule has 0 aliphatic carbocycles. The Morgan fingerprint density at radius 3 is 2.95 bits per heavy atom. The van der Waals surface area contributed by atoms with Gasteiger partial charge < -0.3 is 9.84 Å². The summed E-state index contributed by atoms with van der Waals surface area (Å²) < 4.78 is 7.44. The number of nitrogens with zero attached hydrogens (tertiary/aromatic N) is 2. The highest BCUT2D eigenvalue weighted by molar-refractivity contribution is 5.27. The van der Waals surface area contributed by atoms with E-state index in [-0.39, 0.29) is 0 Å². The monoisotopic (exact) mass is 260 g/mol. The fourth-order valence-corrected chi connectivity index (χ4v) is 2.03. The van der Waals surface area contributed by atoms with Gasteiger partial charge in [-0.3, -0.25) is 4.68 Å². The van der Waals surface area contributed by atoms with Crippen LogP contribution < -0.4 is 4.74 Å². The molecule has 1 aromatic heterocycles. The maximum absolute atomic E-state index is 10.1. The van der Waals surface area contributed by atoms with Gasteiger partial charge in [0, 0.05) is 19.2 Å². The van der Waals surface area contributed by atoms with Gasteiger partial charge in [0.1, 0.15) is 5.75 Å². The molecule has 0 spiro atoms. The van der Waals surface area contributed by atoms with E-state index in [1.54, 1.807) is 10.9 Å². The lowest BCUT2D eigenvalue weighted by Crippen LogP contribution is -2.11. The van der Waals surface area contributed by atoms with Crippen LogP contribution in [0.25, 0.3) is 0 Å². The number of aromatic nitrogens is 2. The normalized spacial score (nSPS) is 12.4. The van der Waals surface area contributed by atoms with E-state index >= 15 is 0 Å². The number of benzene rings is 1. The number of aliphatic hydroxyl groups is 1. The van der Waals surface area contributed by atoms with Crippen molar-refractivity contribution in [1.29, 1.82) is 0 Å². The average Bonchev–Trinajstić information content (AvgIpc) is 2.87. The van der Waals surface area contributed by atoms with Crippen LogP contribution in [-0.2, 0) is 6.54 Å². The Bertz CT molecular complexity index is 522. The number of hydrogen-bond acceptors (Lipinski definition) is 3. The molecule has 0 fully saturated rings. The summed E-state index contributed by atoms with van der Waals surface area (Å²) in [6, 6.07) is 9.76. The van der Waals surface area contributed by atoms with E-state index in [0.29, 0.717) is 13.0 Å². The quantitative estimate of drug-likeness (QED) is 0.868. The van der Waals surface area contributed by atoms with Gasteiger partial charge in [0.2, 0.25) is 0 Å². The summed E-state index contributed by atoms with van der Waals surface area (Å²) in [5, 5.41) is 14.3. The Labute approximate surface area is 113 Å². The van der Waals surface area contributed by atoms with E-state index in [2.05, 4.69) is 5.10 Å². The van der Waals surface area contributed by atoms with Crippen LogP contribution in [0.4, 0.5) is 0 Å². The van der Waals surface area contributed by atoms with Crippen molar-refractivity contribution in [1.82, 2.24) is 9.78 Å². The number of ether oxygens (including phenoxy) is 1. The predicted molar refractivity (Wildman–Crippen MR) is 74.2 cm³/mol. The second-order valence-electron chi connectivity index (χ2n) is 4.54. The number of aryl methyl sites for hydroxylation is 2. The van der Waals surface area contributed by atoms with Crippen LogP contribution in [0, 0.1) is 6.92 Å². The molecule has 2 aromatic rings. The van der Waals surface area contributed by atoms with Gasteiger partial charge in [-0.15, -0.1) is 0 Å². The molecule has 1 N–H and O–H groups in total. The van der Waals surface area contributed by atoms with Gasteiger partial charge in [0.15, 0.2) is 0 Å². The molecule has 1 unspecified atom stereocenters. The number of rotatable bonds is 6. The van der Waals surface area contributed by atoms with E-state index in [4.69, 9.17) is 4.74 Å². The lowest BCUT2D eigenvalue weighted by molar-refractivity contribution is 0.132. The molecule has 2 rings (SSSR count). The maximum Gasteiger partial charge on any atom is 0.119 e. The molecule has 4 nitrogen and oxygen atoms in total. The topological polar surface area (TPSA) is 47.3 Å². The zero-order valence-corrected chi connectivity index (χ0v) is 11.4. The van der Waals surface area contributed by atoms with Crippen LogP contribution >= 0.6 is 0 Å². The second kappa shape index (κ2) is 6.38. The third-order valence-corrected chi connectivity index (χ3v) is 3.04. The van der Waals surface area contributed by atoms with Crippen LogP contribution in [0.1, 0.15) is 30.7 Å². The molecule has 0 bridgehead atoms. The molecule has 0 amide bonds.